The highest BCUT2D eigenvalue weighted by Crippen LogP contribution is 2.23. The van der Waals surface area contributed by atoms with Gasteiger partial charge in [-0.25, -0.2) is 8.42 Å². The fraction of sp³-hybridized carbons (Fsp3) is 0.417. The van der Waals surface area contributed by atoms with Crippen LogP contribution in [-0.2, 0) is 10.0 Å². The lowest BCUT2D eigenvalue weighted by atomic mass is 10.1. The van der Waals surface area contributed by atoms with E-state index >= 15 is 0 Å². The summed E-state index contributed by atoms with van der Waals surface area (Å²) in [7, 11) is -3.93. The van der Waals surface area contributed by atoms with Gasteiger partial charge in [-0.1, -0.05) is 12.1 Å². The molecule has 5 nitrogen and oxygen atoms in total. The first-order valence-corrected chi connectivity index (χ1v) is 7.68. The van der Waals surface area contributed by atoms with Crippen molar-refractivity contribution in [3.05, 3.63) is 29.3 Å². The van der Waals surface area contributed by atoms with Crippen LogP contribution in [0.3, 0.4) is 0 Å². The van der Waals surface area contributed by atoms with Crippen LogP contribution in [0, 0.1) is 12.3 Å². The van der Waals surface area contributed by atoms with Gasteiger partial charge in [0.1, 0.15) is 5.84 Å². The number of hydrogen-bond acceptors (Lipinski definition) is 3. The molecule has 0 amide bonds. The van der Waals surface area contributed by atoms with E-state index in [1.54, 1.807) is 19.1 Å². The summed E-state index contributed by atoms with van der Waals surface area (Å²) in [5.74, 6) is -0.973. The lowest BCUT2D eigenvalue weighted by Crippen LogP contribution is -2.22. The molecule has 0 aromatic heterocycles. The van der Waals surface area contributed by atoms with Crippen LogP contribution in [0.1, 0.15) is 24.0 Å². The Labute approximate surface area is 120 Å². The topological polar surface area (TPSA) is 96.0 Å². The van der Waals surface area contributed by atoms with Gasteiger partial charge < -0.3 is 5.73 Å². The molecule has 0 radical (unpaired) electrons. The normalized spacial score (nSPS) is 12.2. The second-order valence-corrected chi connectivity index (χ2v) is 6.39. The minimum atomic E-state index is -4.39. The second kappa shape index (κ2) is 6.33. The van der Waals surface area contributed by atoms with Gasteiger partial charge in [-0.15, -0.1) is 0 Å². The highest BCUT2D eigenvalue weighted by molar-refractivity contribution is 7.92. The number of nitrogens with one attached hydrogen (secondary N) is 2. The van der Waals surface area contributed by atoms with E-state index in [2.05, 4.69) is 4.72 Å². The van der Waals surface area contributed by atoms with Crippen molar-refractivity contribution < 1.29 is 21.6 Å². The number of benzene rings is 1. The number of hydrogen-bond donors (Lipinski definition) is 3. The molecule has 0 unspecified atom stereocenters. The van der Waals surface area contributed by atoms with E-state index in [4.69, 9.17) is 11.1 Å². The third kappa shape index (κ3) is 5.62. The maximum Gasteiger partial charge on any atom is 0.389 e. The van der Waals surface area contributed by atoms with Gasteiger partial charge in [-0.2, -0.15) is 13.2 Å². The first-order valence-electron chi connectivity index (χ1n) is 6.03. The van der Waals surface area contributed by atoms with Crippen molar-refractivity contribution in [2.24, 2.45) is 5.73 Å². The van der Waals surface area contributed by atoms with Gasteiger partial charge in [-0.3, -0.25) is 10.1 Å². The summed E-state index contributed by atoms with van der Waals surface area (Å²) in [5, 5.41) is 7.44. The molecule has 0 saturated carbocycles. The highest BCUT2D eigenvalue weighted by atomic mass is 32.2. The quantitative estimate of drug-likeness (QED) is 0.554. The molecule has 21 heavy (non-hydrogen) atoms. The molecule has 0 aliphatic rings. The summed E-state index contributed by atoms with van der Waals surface area (Å²) in [5.41, 5.74) is 6.30. The first kappa shape index (κ1) is 17.3. The van der Waals surface area contributed by atoms with Crippen LogP contribution in [0.15, 0.2) is 18.2 Å². The zero-order chi connectivity index (χ0) is 16.3. The Morgan fingerprint density at radius 2 is 2.00 bits per heavy atom. The van der Waals surface area contributed by atoms with Crippen LogP contribution >= 0.6 is 0 Å². The van der Waals surface area contributed by atoms with E-state index in [0.717, 1.165) is 0 Å². The minimum Gasteiger partial charge on any atom is -0.384 e. The van der Waals surface area contributed by atoms with Crippen molar-refractivity contribution in [2.75, 3.05) is 10.5 Å². The molecule has 0 spiro atoms. The Hall–Kier alpha value is -1.77. The number of nitrogen functional groups attached to an aromatic ring is 1. The van der Waals surface area contributed by atoms with E-state index in [1.807, 2.05) is 0 Å². The van der Waals surface area contributed by atoms with Crippen LogP contribution in [0.4, 0.5) is 18.9 Å². The Balaban J connectivity index is 2.85. The van der Waals surface area contributed by atoms with Gasteiger partial charge in [0, 0.05) is 12.0 Å². The van der Waals surface area contributed by atoms with Crippen molar-refractivity contribution in [3.8, 4) is 0 Å². The molecular formula is C12H16F3N3O2S. The SMILES string of the molecule is Cc1cccc(NS(=O)(=O)CCCC(F)(F)F)c1C(=N)N. The second-order valence-electron chi connectivity index (χ2n) is 4.55. The molecule has 118 valence electrons. The van der Waals surface area contributed by atoms with E-state index in [9.17, 15) is 21.6 Å². The fourth-order valence-electron chi connectivity index (χ4n) is 1.79. The lowest BCUT2D eigenvalue weighted by Gasteiger charge is -2.14. The number of nitrogens with two attached hydrogens (primary N) is 1. The van der Waals surface area contributed by atoms with Gasteiger partial charge >= 0.3 is 6.18 Å². The van der Waals surface area contributed by atoms with E-state index in [1.165, 1.54) is 6.07 Å². The number of rotatable bonds is 6. The van der Waals surface area contributed by atoms with Crippen molar-refractivity contribution in [3.63, 3.8) is 0 Å². The number of sulfonamides is 1. The van der Waals surface area contributed by atoms with Gasteiger partial charge in [0.25, 0.3) is 0 Å². The average molecular weight is 323 g/mol. The summed E-state index contributed by atoms with van der Waals surface area (Å²) in [6, 6.07) is 4.62. The highest BCUT2D eigenvalue weighted by Gasteiger charge is 2.27. The summed E-state index contributed by atoms with van der Waals surface area (Å²) < 4.78 is 61.8. The Morgan fingerprint density at radius 3 is 2.52 bits per heavy atom. The van der Waals surface area contributed by atoms with Crippen LogP contribution < -0.4 is 10.5 Å². The minimum absolute atomic E-state index is 0.0921. The summed E-state index contributed by atoms with van der Waals surface area (Å²) >= 11 is 0. The Kier molecular flexibility index (Phi) is 5.21. The van der Waals surface area contributed by atoms with E-state index in [-0.39, 0.29) is 17.1 Å². The average Bonchev–Trinajstić information content (AvgIpc) is 2.25. The maximum absolute atomic E-state index is 12.0. The van der Waals surface area contributed by atoms with Crippen molar-refractivity contribution in [1.82, 2.24) is 0 Å². The number of alkyl halides is 3. The molecular weight excluding hydrogens is 307 g/mol. The molecule has 1 aromatic rings. The monoisotopic (exact) mass is 323 g/mol. The predicted octanol–water partition coefficient (Wildman–Crippen LogP) is 2.36. The molecule has 0 saturated heterocycles. The molecule has 0 atom stereocenters. The van der Waals surface area contributed by atoms with Crippen molar-refractivity contribution >= 4 is 21.5 Å². The lowest BCUT2D eigenvalue weighted by molar-refractivity contribution is -0.134. The molecule has 0 aliphatic carbocycles. The molecule has 9 heteroatoms. The number of aryl methyl sites for hydroxylation is 1. The van der Waals surface area contributed by atoms with Crippen molar-refractivity contribution in [2.45, 2.75) is 25.9 Å². The zero-order valence-electron chi connectivity index (χ0n) is 11.3. The largest absolute Gasteiger partial charge is 0.389 e. The molecule has 0 aliphatic heterocycles. The smallest absolute Gasteiger partial charge is 0.384 e. The molecule has 0 heterocycles. The standard InChI is InChI=1S/C12H16F3N3O2S/c1-8-4-2-5-9(10(8)11(16)17)18-21(19,20)7-3-6-12(13,14)15/h2,4-5,18H,3,6-7H2,1H3,(H3,16,17). The summed E-state index contributed by atoms with van der Waals surface area (Å²) in [4.78, 5) is 0. The number of amidine groups is 1. The molecule has 1 rings (SSSR count). The third-order valence-electron chi connectivity index (χ3n) is 2.68. The van der Waals surface area contributed by atoms with E-state index < -0.39 is 34.8 Å². The van der Waals surface area contributed by atoms with Crippen LogP contribution in [0.5, 0.6) is 0 Å². The number of halogens is 3. The van der Waals surface area contributed by atoms with Gasteiger partial charge in [0.2, 0.25) is 10.0 Å². The first-order chi connectivity index (χ1) is 9.52. The number of anilines is 1. The molecule has 4 N–H and O–H groups in total. The van der Waals surface area contributed by atoms with Crippen LogP contribution in [-0.4, -0.2) is 26.2 Å². The maximum atomic E-state index is 12.0. The van der Waals surface area contributed by atoms with Gasteiger partial charge in [-0.05, 0) is 25.0 Å². The fourth-order valence-corrected chi connectivity index (χ4v) is 2.92. The zero-order valence-corrected chi connectivity index (χ0v) is 12.1. The third-order valence-corrected chi connectivity index (χ3v) is 4.04. The molecule has 1 aromatic carbocycles. The van der Waals surface area contributed by atoms with Crippen LogP contribution in [0.2, 0.25) is 0 Å². The molecule has 0 fully saturated rings. The predicted molar refractivity (Wildman–Crippen MR) is 74.9 cm³/mol. The van der Waals surface area contributed by atoms with Crippen molar-refractivity contribution in [1.29, 1.82) is 5.41 Å². The Bertz CT molecular complexity index is 627. The summed E-state index contributed by atoms with van der Waals surface area (Å²) in [6.07, 6.45) is -6.08. The van der Waals surface area contributed by atoms with Gasteiger partial charge in [0.15, 0.2) is 0 Å². The Morgan fingerprint density at radius 1 is 1.38 bits per heavy atom. The van der Waals surface area contributed by atoms with Gasteiger partial charge in [0.05, 0.1) is 11.4 Å². The van der Waals surface area contributed by atoms with Crippen LogP contribution in [0.25, 0.3) is 0 Å². The summed E-state index contributed by atoms with van der Waals surface area (Å²) in [6.45, 7) is 1.65. The van der Waals surface area contributed by atoms with E-state index in [0.29, 0.717) is 5.56 Å². The molecule has 0 bridgehead atoms.